The maximum Gasteiger partial charge on any atom is 0.230 e. The van der Waals surface area contributed by atoms with E-state index in [-0.39, 0.29) is 5.91 Å². The molecule has 0 aliphatic heterocycles. The molecular weight excluding hydrogens is 364 g/mol. The van der Waals surface area contributed by atoms with Gasteiger partial charge in [-0.3, -0.25) is 4.79 Å². The van der Waals surface area contributed by atoms with Crippen LogP contribution in [0.2, 0.25) is 0 Å². The first-order valence-electron chi connectivity index (χ1n) is 9.52. The van der Waals surface area contributed by atoms with E-state index in [9.17, 15) is 4.79 Å². The van der Waals surface area contributed by atoms with Crippen LogP contribution in [0.3, 0.4) is 0 Å². The lowest BCUT2D eigenvalue weighted by atomic mass is 10.0. The molecule has 1 aromatic heterocycles. The maximum absolute atomic E-state index is 12.5. The minimum absolute atomic E-state index is 0.0313. The van der Waals surface area contributed by atoms with Crippen molar-refractivity contribution in [3.8, 4) is 21.7 Å². The van der Waals surface area contributed by atoms with E-state index in [0.717, 1.165) is 21.7 Å². The fourth-order valence-electron chi connectivity index (χ4n) is 3.84. The predicted molar refractivity (Wildman–Crippen MR) is 117 cm³/mol. The maximum atomic E-state index is 12.5. The Bertz CT molecular complexity index is 1150. The van der Waals surface area contributed by atoms with Crippen molar-refractivity contribution >= 4 is 33.1 Å². The normalized spacial score (nSPS) is 11.8. The van der Waals surface area contributed by atoms with Crippen molar-refractivity contribution in [1.29, 1.82) is 0 Å². The largest absolute Gasteiger partial charge is 0.302 e. The van der Waals surface area contributed by atoms with Crippen LogP contribution in [0.5, 0.6) is 0 Å². The van der Waals surface area contributed by atoms with Crippen molar-refractivity contribution in [1.82, 2.24) is 4.98 Å². The number of carbonyl (C=O) groups excluding carboxylic acids is 1. The lowest BCUT2D eigenvalue weighted by Gasteiger charge is -2.07. The second kappa shape index (κ2) is 6.57. The van der Waals surface area contributed by atoms with E-state index < -0.39 is 0 Å². The fraction of sp³-hybridized carbons (Fsp3) is 0.167. The Morgan fingerprint density at radius 3 is 2.43 bits per heavy atom. The van der Waals surface area contributed by atoms with Crippen molar-refractivity contribution in [2.45, 2.75) is 26.2 Å². The van der Waals surface area contributed by atoms with Crippen molar-refractivity contribution in [3.05, 3.63) is 71.8 Å². The summed E-state index contributed by atoms with van der Waals surface area (Å²) in [5.41, 5.74) is 5.65. The summed E-state index contributed by atoms with van der Waals surface area (Å²) in [7, 11) is 0. The van der Waals surface area contributed by atoms with Gasteiger partial charge in [0.15, 0.2) is 5.13 Å². The van der Waals surface area contributed by atoms with Gasteiger partial charge in [-0.25, -0.2) is 4.98 Å². The van der Waals surface area contributed by atoms with E-state index >= 15 is 0 Å². The number of amides is 1. The molecule has 1 aliphatic carbocycles. The SMILES string of the molecule is CC(C)c1ccc(CC(=O)Nc2nc3c(s2)-c2cccc4cccc-3c24)cc1. The number of nitrogens with zero attached hydrogens (tertiary/aromatic N) is 1. The van der Waals surface area contributed by atoms with Crippen LogP contribution >= 0.6 is 11.3 Å². The number of fused-ring (bicyclic) bond motifs is 3. The minimum Gasteiger partial charge on any atom is -0.302 e. The number of thiazole rings is 1. The highest BCUT2D eigenvalue weighted by molar-refractivity contribution is 7.20. The first-order valence-corrected chi connectivity index (χ1v) is 10.3. The molecule has 0 radical (unpaired) electrons. The molecular formula is C24H20N2OS. The van der Waals surface area contributed by atoms with Crippen LogP contribution in [0.4, 0.5) is 5.13 Å². The minimum atomic E-state index is -0.0313. The summed E-state index contributed by atoms with van der Waals surface area (Å²) in [4.78, 5) is 18.4. The van der Waals surface area contributed by atoms with E-state index in [1.807, 2.05) is 12.1 Å². The number of benzene rings is 3. The molecule has 0 spiro atoms. The molecule has 1 heterocycles. The van der Waals surface area contributed by atoms with Gasteiger partial charge in [-0.2, -0.15) is 0 Å². The number of carbonyl (C=O) groups is 1. The van der Waals surface area contributed by atoms with Crippen LogP contribution in [0.1, 0.15) is 30.9 Å². The molecule has 3 aromatic carbocycles. The number of rotatable bonds is 4. The van der Waals surface area contributed by atoms with Crippen LogP contribution < -0.4 is 5.32 Å². The molecule has 1 amide bonds. The highest BCUT2D eigenvalue weighted by Crippen LogP contribution is 2.50. The average molecular weight is 385 g/mol. The van der Waals surface area contributed by atoms with Gasteiger partial charge in [0, 0.05) is 11.1 Å². The fourth-order valence-corrected chi connectivity index (χ4v) is 4.86. The van der Waals surface area contributed by atoms with Crippen molar-refractivity contribution in [3.63, 3.8) is 0 Å². The van der Waals surface area contributed by atoms with Crippen molar-refractivity contribution in [2.75, 3.05) is 5.32 Å². The Hall–Kier alpha value is -2.98. The predicted octanol–water partition coefficient (Wildman–Crippen LogP) is 6.25. The third-order valence-corrected chi connectivity index (χ3v) is 6.29. The highest BCUT2D eigenvalue weighted by atomic mass is 32.1. The Kier molecular flexibility index (Phi) is 4.02. The quantitative estimate of drug-likeness (QED) is 0.398. The summed E-state index contributed by atoms with van der Waals surface area (Å²) in [6, 6.07) is 20.9. The molecule has 0 atom stereocenters. The molecule has 0 saturated heterocycles. The van der Waals surface area contributed by atoms with E-state index in [2.05, 4.69) is 67.7 Å². The van der Waals surface area contributed by atoms with Gasteiger partial charge in [0.2, 0.25) is 5.91 Å². The van der Waals surface area contributed by atoms with Crippen LogP contribution in [0, 0.1) is 0 Å². The van der Waals surface area contributed by atoms with Gasteiger partial charge >= 0.3 is 0 Å². The summed E-state index contributed by atoms with van der Waals surface area (Å²) >= 11 is 1.55. The summed E-state index contributed by atoms with van der Waals surface area (Å²) in [6.07, 6.45) is 0.356. The molecule has 0 bridgehead atoms. The zero-order valence-corrected chi connectivity index (χ0v) is 16.6. The molecule has 28 heavy (non-hydrogen) atoms. The Morgan fingerprint density at radius 2 is 1.71 bits per heavy atom. The van der Waals surface area contributed by atoms with Gasteiger partial charge in [-0.1, -0.05) is 85.8 Å². The van der Waals surface area contributed by atoms with Crippen LogP contribution in [-0.4, -0.2) is 10.9 Å². The number of hydrogen-bond donors (Lipinski definition) is 1. The number of aromatic nitrogens is 1. The van der Waals surface area contributed by atoms with Gasteiger partial charge < -0.3 is 5.32 Å². The topological polar surface area (TPSA) is 42.0 Å². The summed E-state index contributed by atoms with van der Waals surface area (Å²) in [5, 5.41) is 6.15. The van der Waals surface area contributed by atoms with Gasteiger partial charge in [-0.15, -0.1) is 0 Å². The second-order valence-corrected chi connectivity index (χ2v) is 8.53. The first-order chi connectivity index (χ1) is 13.6. The monoisotopic (exact) mass is 384 g/mol. The Labute approximate surface area is 168 Å². The zero-order valence-electron chi connectivity index (χ0n) is 15.8. The van der Waals surface area contributed by atoms with Gasteiger partial charge in [0.05, 0.1) is 17.0 Å². The second-order valence-electron chi connectivity index (χ2n) is 7.53. The summed E-state index contributed by atoms with van der Waals surface area (Å²) in [5.74, 6) is 0.462. The third kappa shape index (κ3) is 2.81. The van der Waals surface area contributed by atoms with E-state index in [0.29, 0.717) is 17.5 Å². The summed E-state index contributed by atoms with van der Waals surface area (Å²) in [6.45, 7) is 4.34. The molecule has 0 fully saturated rings. The molecule has 0 saturated carbocycles. The van der Waals surface area contributed by atoms with E-state index in [1.54, 1.807) is 11.3 Å². The molecule has 1 N–H and O–H groups in total. The van der Waals surface area contributed by atoms with Gasteiger partial charge in [0.1, 0.15) is 0 Å². The Balaban J connectivity index is 1.37. The first kappa shape index (κ1) is 17.1. The molecule has 1 aliphatic rings. The number of hydrogen-bond acceptors (Lipinski definition) is 3. The Morgan fingerprint density at radius 1 is 1.00 bits per heavy atom. The molecule has 0 unspecified atom stereocenters. The van der Waals surface area contributed by atoms with Gasteiger partial charge in [0.25, 0.3) is 0 Å². The smallest absolute Gasteiger partial charge is 0.230 e. The lowest BCUT2D eigenvalue weighted by Crippen LogP contribution is -2.14. The van der Waals surface area contributed by atoms with Crippen LogP contribution in [0.25, 0.3) is 32.5 Å². The summed E-state index contributed by atoms with van der Waals surface area (Å²) < 4.78 is 0. The molecule has 5 rings (SSSR count). The van der Waals surface area contributed by atoms with Crippen LogP contribution in [0.15, 0.2) is 60.7 Å². The molecule has 138 valence electrons. The molecule has 4 aromatic rings. The molecule has 4 heteroatoms. The van der Waals surface area contributed by atoms with Crippen molar-refractivity contribution < 1.29 is 4.79 Å². The average Bonchev–Trinajstić information content (AvgIpc) is 3.22. The highest BCUT2D eigenvalue weighted by Gasteiger charge is 2.25. The third-order valence-electron chi connectivity index (χ3n) is 5.29. The molecule has 3 nitrogen and oxygen atoms in total. The van der Waals surface area contributed by atoms with E-state index in [1.165, 1.54) is 21.9 Å². The van der Waals surface area contributed by atoms with Crippen LogP contribution in [-0.2, 0) is 11.2 Å². The van der Waals surface area contributed by atoms with Gasteiger partial charge in [-0.05, 0) is 27.8 Å². The lowest BCUT2D eigenvalue weighted by molar-refractivity contribution is -0.115. The number of anilines is 1. The van der Waals surface area contributed by atoms with E-state index in [4.69, 9.17) is 4.98 Å². The number of nitrogens with one attached hydrogen (secondary N) is 1. The van der Waals surface area contributed by atoms with Crippen molar-refractivity contribution in [2.24, 2.45) is 0 Å². The standard InChI is InChI=1S/C24H20N2OS/c1-14(2)16-11-9-15(10-12-16)13-20(27)25-24-26-22-18-7-3-5-17-6-4-8-19(21(17)18)23(22)28-24/h3-12,14H,13H2,1-2H3,(H,25,26,27). The zero-order chi connectivity index (χ0) is 19.3.